The van der Waals surface area contributed by atoms with Crippen molar-refractivity contribution in [3.63, 3.8) is 0 Å². The molecule has 1 amide bonds. The van der Waals surface area contributed by atoms with Gasteiger partial charge in [-0.3, -0.25) is 14.9 Å². The maximum absolute atomic E-state index is 11.9. The highest BCUT2D eigenvalue weighted by Crippen LogP contribution is 2.19. The Labute approximate surface area is 129 Å². The second-order valence-electron chi connectivity index (χ2n) is 5.83. The Morgan fingerprint density at radius 1 is 1.18 bits per heavy atom. The minimum Gasteiger partial charge on any atom is -0.469 e. The number of nitrogens with one attached hydrogen (secondary N) is 1. The van der Waals surface area contributed by atoms with Crippen LogP contribution in [-0.2, 0) is 14.3 Å². The second kappa shape index (κ2) is 7.06. The minimum atomic E-state index is -0.615. The largest absolute Gasteiger partial charge is 0.469 e. The van der Waals surface area contributed by atoms with Crippen LogP contribution >= 0.6 is 0 Å². The summed E-state index contributed by atoms with van der Waals surface area (Å²) < 4.78 is 9.64. The smallest absolute Gasteiger partial charge is 0.412 e. The van der Waals surface area contributed by atoms with Crippen LogP contribution in [0.15, 0.2) is 18.2 Å². The lowest BCUT2D eigenvalue weighted by molar-refractivity contribution is -0.139. The fourth-order valence-electron chi connectivity index (χ4n) is 1.65. The molecule has 0 atom stereocenters. The Kier molecular flexibility index (Phi) is 5.68. The molecule has 120 valence electrons. The van der Waals surface area contributed by atoms with Gasteiger partial charge in [0.25, 0.3) is 0 Å². The fourth-order valence-corrected chi connectivity index (χ4v) is 1.65. The average molecular weight is 307 g/mol. The molecule has 1 aromatic carbocycles. The van der Waals surface area contributed by atoms with Crippen LogP contribution in [-0.4, -0.2) is 30.6 Å². The number of ether oxygens (including phenoxy) is 2. The van der Waals surface area contributed by atoms with Gasteiger partial charge in [0.1, 0.15) is 12.0 Å². The molecule has 0 aliphatic heterocycles. The number of amides is 1. The van der Waals surface area contributed by atoms with Crippen molar-refractivity contribution in [2.24, 2.45) is 0 Å². The third-order valence-electron chi connectivity index (χ3n) is 2.73. The summed E-state index contributed by atoms with van der Waals surface area (Å²) in [7, 11) is 1.22. The molecular weight excluding hydrogens is 286 g/mol. The van der Waals surface area contributed by atoms with E-state index in [4.69, 9.17) is 4.74 Å². The zero-order chi connectivity index (χ0) is 16.9. The summed E-state index contributed by atoms with van der Waals surface area (Å²) in [6.45, 7) is 7.07. The quantitative estimate of drug-likeness (QED) is 0.525. The third-order valence-corrected chi connectivity index (χ3v) is 2.73. The van der Waals surface area contributed by atoms with Crippen molar-refractivity contribution in [1.29, 1.82) is 0 Å². The molecule has 6 heteroatoms. The number of carbonyl (C=O) groups is 3. The standard InChI is InChI=1S/C16H21NO5/c1-10-6-7-11(13(18)9-14(19)21-5)8-12(10)17-15(20)22-16(2,3)4/h6-8H,9H2,1-5H3,(H,17,20). The molecule has 6 nitrogen and oxygen atoms in total. The molecule has 0 heterocycles. The molecule has 1 rings (SSSR count). The van der Waals surface area contributed by atoms with Crippen molar-refractivity contribution in [2.45, 2.75) is 39.7 Å². The molecule has 0 saturated carbocycles. The topological polar surface area (TPSA) is 81.7 Å². The summed E-state index contributed by atoms with van der Waals surface area (Å²) in [5.74, 6) is -0.980. The first-order valence-electron chi connectivity index (χ1n) is 6.83. The van der Waals surface area contributed by atoms with Gasteiger partial charge in [-0.05, 0) is 39.3 Å². The summed E-state index contributed by atoms with van der Waals surface area (Å²) in [5, 5.41) is 2.60. The van der Waals surface area contributed by atoms with E-state index in [1.54, 1.807) is 39.8 Å². The minimum absolute atomic E-state index is 0.321. The van der Waals surface area contributed by atoms with Gasteiger partial charge in [-0.25, -0.2) is 4.79 Å². The number of aryl methyl sites for hydroxylation is 1. The molecule has 0 spiro atoms. The van der Waals surface area contributed by atoms with Crippen LogP contribution < -0.4 is 5.32 Å². The van der Waals surface area contributed by atoms with E-state index in [9.17, 15) is 14.4 Å². The first-order valence-corrected chi connectivity index (χ1v) is 6.83. The summed E-state index contributed by atoms with van der Waals surface area (Å²) in [6, 6.07) is 4.81. The van der Waals surface area contributed by atoms with Gasteiger partial charge < -0.3 is 9.47 Å². The van der Waals surface area contributed by atoms with Crippen LogP contribution in [0, 0.1) is 6.92 Å². The summed E-state index contributed by atoms with van der Waals surface area (Å²) in [4.78, 5) is 34.9. The summed E-state index contributed by atoms with van der Waals surface area (Å²) in [6.07, 6.45) is -0.945. The highest BCUT2D eigenvalue weighted by molar-refractivity contribution is 6.06. The number of rotatable bonds is 4. The van der Waals surface area contributed by atoms with E-state index < -0.39 is 17.7 Å². The molecular formula is C16H21NO5. The first-order chi connectivity index (χ1) is 10.1. The molecule has 0 aliphatic rings. The van der Waals surface area contributed by atoms with E-state index in [0.717, 1.165) is 5.56 Å². The summed E-state index contributed by atoms with van der Waals surface area (Å²) in [5.41, 5.74) is 0.948. The lowest BCUT2D eigenvalue weighted by Crippen LogP contribution is -2.27. The Morgan fingerprint density at radius 3 is 2.36 bits per heavy atom. The number of Topliss-reactive ketones (excluding diaryl/α,β-unsaturated/α-hetero) is 1. The van der Waals surface area contributed by atoms with E-state index >= 15 is 0 Å². The van der Waals surface area contributed by atoms with Crippen molar-refractivity contribution in [2.75, 3.05) is 12.4 Å². The van der Waals surface area contributed by atoms with Gasteiger partial charge in [-0.15, -0.1) is 0 Å². The third kappa shape index (κ3) is 5.55. The maximum Gasteiger partial charge on any atom is 0.412 e. The van der Waals surface area contributed by atoms with Crippen molar-refractivity contribution in [3.05, 3.63) is 29.3 Å². The molecule has 0 unspecified atom stereocenters. The number of esters is 1. The number of hydrogen-bond donors (Lipinski definition) is 1. The number of methoxy groups -OCH3 is 1. The Hall–Kier alpha value is -2.37. The van der Waals surface area contributed by atoms with Crippen molar-refractivity contribution < 1.29 is 23.9 Å². The van der Waals surface area contributed by atoms with E-state index in [-0.39, 0.29) is 12.2 Å². The van der Waals surface area contributed by atoms with E-state index in [1.165, 1.54) is 13.2 Å². The molecule has 0 saturated heterocycles. The maximum atomic E-state index is 11.9. The average Bonchev–Trinajstić information content (AvgIpc) is 2.38. The molecule has 1 N–H and O–H groups in total. The fraction of sp³-hybridized carbons (Fsp3) is 0.438. The molecule has 22 heavy (non-hydrogen) atoms. The van der Waals surface area contributed by atoms with E-state index in [1.807, 2.05) is 0 Å². The Balaban J connectivity index is 2.88. The summed E-state index contributed by atoms with van der Waals surface area (Å²) >= 11 is 0. The van der Waals surface area contributed by atoms with Gasteiger partial charge in [0.15, 0.2) is 5.78 Å². The van der Waals surface area contributed by atoms with Crippen LogP contribution in [0.5, 0.6) is 0 Å². The van der Waals surface area contributed by atoms with E-state index in [0.29, 0.717) is 11.3 Å². The molecule has 0 aromatic heterocycles. The highest BCUT2D eigenvalue weighted by Gasteiger charge is 2.18. The number of carbonyl (C=O) groups excluding carboxylic acids is 3. The van der Waals surface area contributed by atoms with Crippen molar-refractivity contribution in [1.82, 2.24) is 0 Å². The SMILES string of the molecule is COC(=O)CC(=O)c1ccc(C)c(NC(=O)OC(C)(C)C)c1. The van der Waals surface area contributed by atoms with Gasteiger partial charge >= 0.3 is 12.1 Å². The lowest BCUT2D eigenvalue weighted by Gasteiger charge is -2.20. The van der Waals surface area contributed by atoms with Crippen LogP contribution in [0.4, 0.5) is 10.5 Å². The van der Waals surface area contributed by atoms with Crippen molar-refractivity contribution in [3.8, 4) is 0 Å². The van der Waals surface area contributed by atoms with Crippen LogP contribution in [0.3, 0.4) is 0 Å². The monoisotopic (exact) mass is 307 g/mol. The molecule has 0 aliphatic carbocycles. The predicted octanol–water partition coefficient (Wildman–Crippen LogP) is 3.09. The first kappa shape index (κ1) is 17.7. The van der Waals surface area contributed by atoms with Gasteiger partial charge in [0.05, 0.1) is 7.11 Å². The van der Waals surface area contributed by atoms with E-state index in [2.05, 4.69) is 10.1 Å². The molecule has 1 aromatic rings. The van der Waals surface area contributed by atoms with Gasteiger partial charge in [-0.1, -0.05) is 12.1 Å². The number of hydrogen-bond acceptors (Lipinski definition) is 5. The Bertz CT molecular complexity index is 587. The van der Waals surface area contributed by atoms with Gasteiger partial charge in [0.2, 0.25) is 0 Å². The molecule has 0 radical (unpaired) electrons. The second-order valence-corrected chi connectivity index (χ2v) is 5.83. The van der Waals surface area contributed by atoms with Crippen LogP contribution in [0.1, 0.15) is 43.1 Å². The predicted molar refractivity (Wildman–Crippen MR) is 82.0 cm³/mol. The Morgan fingerprint density at radius 2 is 1.82 bits per heavy atom. The zero-order valence-electron chi connectivity index (χ0n) is 13.5. The highest BCUT2D eigenvalue weighted by atomic mass is 16.6. The number of benzene rings is 1. The van der Waals surface area contributed by atoms with Gasteiger partial charge in [0, 0.05) is 11.3 Å². The lowest BCUT2D eigenvalue weighted by atomic mass is 10.0. The number of anilines is 1. The normalized spacial score (nSPS) is 10.8. The number of ketones is 1. The van der Waals surface area contributed by atoms with Crippen LogP contribution in [0.2, 0.25) is 0 Å². The molecule has 0 bridgehead atoms. The molecule has 0 fully saturated rings. The zero-order valence-corrected chi connectivity index (χ0v) is 13.5. The van der Waals surface area contributed by atoms with Crippen molar-refractivity contribution >= 4 is 23.5 Å². The van der Waals surface area contributed by atoms with Gasteiger partial charge in [-0.2, -0.15) is 0 Å². The van der Waals surface area contributed by atoms with Crippen LogP contribution in [0.25, 0.3) is 0 Å².